The maximum Gasteiger partial charge on any atom is 0.234 e. The van der Waals surface area contributed by atoms with Gasteiger partial charge in [-0.1, -0.05) is 6.92 Å². The van der Waals surface area contributed by atoms with Crippen LogP contribution in [-0.4, -0.2) is 44.4 Å². The zero-order valence-corrected chi connectivity index (χ0v) is 12.2. The van der Waals surface area contributed by atoms with E-state index in [0.29, 0.717) is 19.1 Å². The van der Waals surface area contributed by atoms with Gasteiger partial charge in [0.25, 0.3) is 0 Å². The number of nitrogens with one attached hydrogen (secondary N) is 1. The molecule has 5 heteroatoms. The number of methoxy groups -OCH3 is 1. The lowest BCUT2D eigenvalue weighted by atomic mass is 9.95. The minimum absolute atomic E-state index is 0.262. The minimum atomic E-state index is -0.296. The van der Waals surface area contributed by atoms with Crippen LogP contribution >= 0.6 is 0 Å². The van der Waals surface area contributed by atoms with Crippen molar-refractivity contribution in [2.24, 2.45) is 5.73 Å². The van der Waals surface area contributed by atoms with Crippen LogP contribution < -0.4 is 11.1 Å². The number of carbonyl (C=O) groups excluding carboxylic acids is 1. The second-order valence-electron chi connectivity index (χ2n) is 5.21. The zero-order valence-electron chi connectivity index (χ0n) is 12.2. The molecule has 1 rings (SSSR count). The molecule has 112 valence electrons. The Morgan fingerprint density at radius 2 is 2.16 bits per heavy atom. The summed E-state index contributed by atoms with van der Waals surface area (Å²) in [5.74, 6) is -0.296. The fourth-order valence-electron chi connectivity index (χ4n) is 2.48. The first-order chi connectivity index (χ1) is 9.17. The lowest BCUT2D eigenvalue weighted by Gasteiger charge is -2.28. The van der Waals surface area contributed by atoms with Crippen molar-refractivity contribution in [3.8, 4) is 0 Å². The second-order valence-corrected chi connectivity index (χ2v) is 5.21. The lowest BCUT2D eigenvalue weighted by molar-refractivity contribution is -0.120. The molecule has 5 nitrogen and oxygen atoms in total. The van der Waals surface area contributed by atoms with Gasteiger partial charge in [-0.2, -0.15) is 0 Å². The predicted molar refractivity (Wildman–Crippen MR) is 74.9 cm³/mol. The highest BCUT2D eigenvalue weighted by atomic mass is 16.5. The van der Waals surface area contributed by atoms with E-state index < -0.39 is 0 Å². The molecule has 0 saturated heterocycles. The minimum Gasteiger partial charge on any atom is -0.381 e. The Kier molecular flexibility index (Phi) is 8.02. The summed E-state index contributed by atoms with van der Waals surface area (Å²) in [6, 6.07) is -0.276. The van der Waals surface area contributed by atoms with Crippen molar-refractivity contribution in [1.29, 1.82) is 0 Å². The first-order valence-electron chi connectivity index (χ1n) is 7.34. The summed E-state index contributed by atoms with van der Waals surface area (Å²) in [5.41, 5.74) is 5.36. The maximum absolute atomic E-state index is 11.3. The van der Waals surface area contributed by atoms with Gasteiger partial charge in [-0.25, -0.2) is 0 Å². The second kappa shape index (κ2) is 9.28. The molecule has 0 heterocycles. The maximum atomic E-state index is 11.3. The largest absolute Gasteiger partial charge is 0.381 e. The Balaban J connectivity index is 2.21. The Labute approximate surface area is 116 Å². The predicted octanol–water partition coefficient (Wildman–Crippen LogP) is 1.20. The standard InChI is InChI=1S/C14H28N2O3/c1-3-8-16-13(14(15)17)7-9-19-12-6-4-5-11(10-12)18-2/h11-13,16H,3-10H2,1-2H3,(H2,15,17). The van der Waals surface area contributed by atoms with Crippen LogP contribution in [0.1, 0.15) is 45.4 Å². The quantitative estimate of drug-likeness (QED) is 0.661. The number of nitrogens with two attached hydrogens (primary N) is 1. The van der Waals surface area contributed by atoms with E-state index in [1.807, 2.05) is 0 Å². The van der Waals surface area contributed by atoms with Crippen LogP contribution in [-0.2, 0) is 14.3 Å². The number of hydrogen-bond donors (Lipinski definition) is 2. The highest BCUT2D eigenvalue weighted by Gasteiger charge is 2.22. The molecule has 0 radical (unpaired) electrons. The molecule has 3 atom stereocenters. The molecule has 1 saturated carbocycles. The topological polar surface area (TPSA) is 73.6 Å². The van der Waals surface area contributed by atoms with Crippen LogP contribution in [0, 0.1) is 0 Å². The molecule has 3 unspecified atom stereocenters. The molecule has 1 amide bonds. The molecule has 0 aromatic rings. The number of ether oxygens (including phenoxy) is 2. The van der Waals surface area contributed by atoms with E-state index in [9.17, 15) is 4.79 Å². The first kappa shape index (κ1) is 16.4. The Bertz CT molecular complexity index is 261. The van der Waals surface area contributed by atoms with Gasteiger partial charge in [0.1, 0.15) is 0 Å². The number of carbonyl (C=O) groups is 1. The van der Waals surface area contributed by atoms with Crippen molar-refractivity contribution in [3.05, 3.63) is 0 Å². The van der Waals surface area contributed by atoms with Crippen molar-refractivity contribution in [2.45, 2.75) is 63.7 Å². The molecule has 1 aliphatic carbocycles. The van der Waals surface area contributed by atoms with Gasteiger partial charge in [-0.15, -0.1) is 0 Å². The van der Waals surface area contributed by atoms with E-state index >= 15 is 0 Å². The Morgan fingerprint density at radius 3 is 2.79 bits per heavy atom. The van der Waals surface area contributed by atoms with E-state index in [2.05, 4.69) is 12.2 Å². The summed E-state index contributed by atoms with van der Waals surface area (Å²) >= 11 is 0. The summed E-state index contributed by atoms with van der Waals surface area (Å²) in [6.07, 6.45) is 6.53. The van der Waals surface area contributed by atoms with Crippen molar-refractivity contribution in [2.75, 3.05) is 20.3 Å². The fourth-order valence-corrected chi connectivity index (χ4v) is 2.48. The van der Waals surface area contributed by atoms with E-state index in [0.717, 1.165) is 38.6 Å². The van der Waals surface area contributed by atoms with Gasteiger partial charge in [0.05, 0.1) is 18.2 Å². The number of primary amides is 1. The number of rotatable bonds is 9. The van der Waals surface area contributed by atoms with E-state index in [4.69, 9.17) is 15.2 Å². The fraction of sp³-hybridized carbons (Fsp3) is 0.929. The average Bonchev–Trinajstić information content (AvgIpc) is 2.42. The zero-order chi connectivity index (χ0) is 14.1. The van der Waals surface area contributed by atoms with Gasteiger partial charge in [-0.05, 0) is 45.1 Å². The normalized spacial score (nSPS) is 25.2. The lowest BCUT2D eigenvalue weighted by Crippen LogP contribution is -2.42. The first-order valence-corrected chi connectivity index (χ1v) is 7.34. The van der Waals surface area contributed by atoms with Gasteiger partial charge >= 0.3 is 0 Å². The van der Waals surface area contributed by atoms with Crippen LogP contribution in [0.25, 0.3) is 0 Å². The summed E-state index contributed by atoms with van der Waals surface area (Å²) in [5, 5.41) is 3.15. The van der Waals surface area contributed by atoms with Crippen molar-refractivity contribution in [3.63, 3.8) is 0 Å². The van der Waals surface area contributed by atoms with Gasteiger partial charge in [0.2, 0.25) is 5.91 Å². The van der Waals surface area contributed by atoms with E-state index in [1.165, 1.54) is 0 Å². The third-order valence-corrected chi connectivity index (χ3v) is 3.66. The monoisotopic (exact) mass is 272 g/mol. The highest BCUT2D eigenvalue weighted by molar-refractivity contribution is 5.79. The molecule has 1 fully saturated rings. The summed E-state index contributed by atoms with van der Waals surface area (Å²) < 4.78 is 11.2. The molecule has 0 bridgehead atoms. The van der Waals surface area contributed by atoms with Crippen molar-refractivity contribution >= 4 is 5.91 Å². The smallest absolute Gasteiger partial charge is 0.234 e. The van der Waals surface area contributed by atoms with Crippen LogP contribution in [0.2, 0.25) is 0 Å². The molecule has 0 spiro atoms. The summed E-state index contributed by atoms with van der Waals surface area (Å²) in [4.78, 5) is 11.3. The molecule has 0 aliphatic heterocycles. The number of hydrogen-bond acceptors (Lipinski definition) is 4. The highest BCUT2D eigenvalue weighted by Crippen LogP contribution is 2.23. The molecule has 1 aliphatic rings. The third-order valence-electron chi connectivity index (χ3n) is 3.66. The molecule has 19 heavy (non-hydrogen) atoms. The van der Waals surface area contributed by atoms with Crippen LogP contribution in [0.5, 0.6) is 0 Å². The summed E-state index contributed by atoms with van der Waals surface area (Å²) in [6.45, 7) is 3.45. The number of amides is 1. The van der Waals surface area contributed by atoms with E-state index in [-0.39, 0.29) is 18.1 Å². The molecule has 3 N–H and O–H groups in total. The van der Waals surface area contributed by atoms with Gasteiger partial charge < -0.3 is 20.5 Å². The van der Waals surface area contributed by atoms with Crippen LogP contribution in [0.15, 0.2) is 0 Å². The van der Waals surface area contributed by atoms with Crippen molar-refractivity contribution < 1.29 is 14.3 Å². The summed E-state index contributed by atoms with van der Waals surface area (Å²) in [7, 11) is 1.75. The third kappa shape index (κ3) is 6.36. The van der Waals surface area contributed by atoms with Gasteiger partial charge in [0.15, 0.2) is 0 Å². The SMILES string of the molecule is CCCNC(CCOC1CCCC(OC)C1)C(N)=O. The van der Waals surface area contributed by atoms with Gasteiger partial charge in [-0.3, -0.25) is 4.79 Å². The molecular weight excluding hydrogens is 244 g/mol. The van der Waals surface area contributed by atoms with Crippen molar-refractivity contribution in [1.82, 2.24) is 5.32 Å². The molecule has 0 aromatic heterocycles. The van der Waals surface area contributed by atoms with E-state index in [1.54, 1.807) is 7.11 Å². The average molecular weight is 272 g/mol. The Hall–Kier alpha value is -0.650. The molecular formula is C14H28N2O3. The van der Waals surface area contributed by atoms with Crippen LogP contribution in [0.3, 0.4) is 0 Å². The van der Waals surface area contributed by atoms with Crippen LogP contribution in [0.4, 0.5) is 0 Å². The molecule has 0 aromatic carbocycles. The van der Waals surface area contributed by atoms with Gasteiger partial charge in [0, 0.05) is 13.7 Å². The Morgan fingerprint density at radius 1 is 1.42 bits per heavy atom.